The topological polar surface area (TPSA) is 102 Å². The summed E-state index contributed by atoms with van der Waals surface area (Å²) < 4.78 is 18.0. The summed E-state index contributed by atoms with van der Waals surface area (Å²) in [6, 6.07) is 6.01. The van der Waals surface area contributed by atoms with E-state index in [2.05, 4.69) is 30.6 Å². The van der Waals surface area contributed by atoms with Gasteiger partial charge in [0.15, 0.2) is 5.82 Å². The molecule has 0 aliphatic rings. The largest absolute Gasteiger partial charge is 0.419 e. The molecule has 0 spiro atoms. The smallest absolute Gasteiger partial charge is 0.387 e. The first-order chi connectivity index (χ1) is 12.1. The van der Waals surface area contributed by atoms with Crippen molar-refractivity contribution in [1.82, 2.24) is 19.9 Å². The average molecular weight is 377 g/mol. The lowest BCUT2D eigenvalue weighted by Gasteiger charge is -2.11. The Labute approximate surface area is 154 Å². The SMILES string of the molecule is Cc1cnc(Nc2cccnc2)c(OC(=O)Nc2ccc(F)cn2)n1.Cl. The van der Waals surface area contributed by atoms with Crippen LogP contribution in [0.5, 0.6) is 5.88 Å². The first-order valence-corrected chi connectivity index (χ1v) is 7.21. The molecule has 2 N–H and O–H groups in total. The van der Waals surface area contributed by atoms with E-state index in [0.717, 1.165) is 6.20 Å². The van der Waals surface area contributed by atoms with Crippen LogP contribution < -0.4 is 15.4 Å². The van der Waals surface area contributed by atoms with Crippen molar-refractivity contribution in [2.45, 2.75) is 6.92 Å². The molecule has 0 unspecified atom stereocenters. The molecule has 0 saturated carbocycles. The van der Waals surface area contributed by atoms with Crippen LogP contribution in [0, 0.1) is 12.7 Å². The van der Waals surface area contributed by atoms with E-state index in [0.29, 0.717) is 11.4 Å². The number of aromatic nitrogens is 4. The zero-order chi connectivity index (χ0) is 17.6. The fraction of sp³-hybridized carbons (Fsp3) is 0.0625. The molecule has 0 saturated heterocycles. The molecule has 0 fully saturated rings. The number of hydrogen-bond acceptors (Lipinski definition) is 7. The Bertz CT molecular complexity index is 880. The summed E-state index contributed by atoms with van der Waals surface area (Å²) in [5.74, 6) is -0.121. The Balaban J connectivity index is 0.00000243. The van der Waals surface area contributed by atoms with Gasteiger partial charge in [0.25, 0.3) is 5.88 Å². The van der Waals surface area contributed by atoms with E-state index in [-0.39, 0.29) is 29.9 Å². The number of nitrogens with zero attached hydrogens (tertiary/aromatic N) is 4. The van der Waals surface area contributed by atoms with Gasteiger partial charge < -0.3 is 10.1 Å². The van der Waals surface area contributed by atoms with Gasteiger partial charge in [0.2, 0.25) is 0 Å². The second-order valence-electron chi connectivity index (χ2n) is 4.91. The number of ether oxygens (including phenoxy) is 1. The third-order valence-corrected chi connectivity index (χ3v) is 2.93. The molecule has 26 heavy (non-hydrogen) atoms. The van der Waals surface area contributed by atoms with Crippen molar-refractivity contribution in [3.8, 4) is 5.88 Å². The molecule has 3 rings (SSSR count). The van der Waals surface area contributed by atoms with E-state index in [4.69, 9.17) is 4.74 Å². The first-order valence-electron chi connectivity index (χ1n) is 7.21. The van der Waals surface area contributed by atoms with Crippen molar-refractivity contribution in [2.75, 3.05) is 10.6 Å². The summed E-state index contributed by atoms with van der Waals surface area (Å²) in [5.41, 5.74) is 1.23. The summed E-state index contributed by atoms with van der Waals surface area (Å²) in [6.07, 6.45) is 4.91. The van der Waals surface area contributed by atoms with Gasteiger partial charge in [-0.3, -0.25) is 10.3 Å². The molecule has 8 nitrogen and oxygen atoms in total. The number of aryl methyl sites for hydroxylation is 1. The Kier molecular flexibility index (Phi) is 6.34. The Morgan fingerprint density at radius 2 is 2.00 bits per heavy atom. The number of amides is 1. The van der Waals surface area contributed by atoms with E-state index >= 15 is 0 Å². The summed E-state index contributed by atoms with van der Waals surface area (Å²) in [4.78, 5) is 28.0. The highest BCUT2D eigenvalue weighted by atomic mass is 35.5. The fourth-order valence-electron chi connectivity index (χ4n) is 1.85. The van der Waals surface area contributed by atoms with Gasteiger partial charge in [0, 0.05) is 6.20 Å². The van der Waals surface area contributed by atoms with E-state index < -0.39 is 11.9 Å². The molecule has 0 atom stereocenters. The fourth-order valence-corrected chi connectivity index (χ4v) is 1.85. The predicted octanol–water partition coefficient (Wildman–Crippen LogP) is 3.49. The van der Waals surface area contributed by atoms with Crippen LogP contribution >= 0.6 is 12.4 Å². The minimum Gasteiger partial charge on any atom is -0.387 e. The molecular formula is C16H14ClFN6O2. The van der Waals surface area contributed by atoms with Crippen LogP contribution in [0.15, 0.2) is 49.1 Å². The Morgan fingerprint density at radius 3 is 2.69 bits per heavy atom. The minimum atomic E-state index is -0.826. The third-order valence-electron chi connectivity index (χ3n) is 2.93. The lowest BCUT2D eigenvalue weighted by molar-refractivity contribution is 0.213. The van der Waals surface area contributed by atoms with E-state index in [1.807, 2.05) is 0 Å². The van der Waals surface area contributed by atoms with Crippen molar-refractivity contribution in [3.63, 3.8) is 0 Å². The summed E-state index contributed by atoms with van der Waals surface area (Å²) in [5, 5.41) is 5.35. The number of carbonyl (C=O) groups is 1. The van der Waals surface area contributed by atoms with Crippen LogP contribution in [0.1, 0.15) is 5.69 Å². The maximum absolute atomic E-state index is 12.8. The molecule has 0 aromatic carbocycles. The molecule has 0 radical (unpaired) electrons. The van der Waals surface area contributed by atoms with E-state index in [1.54, 1.807) is 31.5 Å². The maximum atomic E-state index is 12.8. The Morgan fingerprint density at radius 1 is 1.15 bits per heavy atom. The number of hydrogen-bond donors (Lipinski definition) is 2. The highest BCUT2D eigenvalue weighted by Gasteiger charge is 2.14. The maximum Gasteiger partial charge on any atom is 0.419 e. The van der Waals surface area contributed by atoms with E-state index in [1.165, 1.54) is 18.3 Å². The van der Waals surface area contributed by atoms with Gasteiger partial charge in [-0.15, -0.1) is 12.4 Å². The normalized spacial score (nSPS) is 9.77. The molecular weight excluding hydrogens is 363 g/mol. The standard InChI is InChI=1S/C16H13FN6O2.ClH/c1-10-7-20-14(22-12-3-2-6-18-9-12)15(21-10)25-16(24)23-13-5-4-11(17)8-19-13;/h2-9H,1H3,(H,20,22)(H,19,23,24);1H. The molecule has 3 aromatic heterocycles. The molecule has 0 aliphatic heterocycles. The number of halogens is 2. The molecule has 0 bridgehead atoms. The zero-order valence-electron chi connectivity index (χ0n) is 13.5. The molecule has 10 heteroatoms. The summed E-state index contributed by atoms with van der Waals surface area (Å²) in [6.45, 7) is 1.72. The number of nitrogens with one attached hydrogen (secondary N) is 2. The lowest BCUT2D eigenvalue weighted by atomic mass is 10.4. The van der Waals surface area contributed by atoms with Gasteiger partial charge in [-0.25, -0.2) is 24.1 Å². The van der Waals surface area contributed by atoms with Crippen LogP contribution in [0.4, 0.5) is 26.5 Å². The number of rotatable bonds is 4. The van der Waals surface area contributed by atoms with Crippen LogP contribution in [0.25, 0.3) is 0 Å². The molecule has 134 valence electrons. The van der Waals surface area contributed by atoms with Crippen LogP contribution in [0.2, 0.25) is 0 Å². The highest BCUT2D eigenvalue weighted by molar-refractivity contribution is 5.86. The van der Waals surface area contributed by atoms with Crippen molar-refractivity contribution < 1.29 is 13.9 Å². The van der Waals surface area contributed by atoms with Crippen molar-refractivity contribution in [2.24, 2.45) is 0 Å². The van der Waals surface area contributed by atoms with Gasteiger partial charge in [-0.2, -0.15) is 0 Å². The first kappa shape index (κ1) is 19.0. The van der Waals surface area contributed by atoms with Gasteiger partial charge in [-0.05, 0) is 31.2 Å². The second-order valence-corrected chi connectivity index (χ2v) is 4.91. The minimum absolute atomic E-state index is 0. The van der Waals surface area contributed by atoms with Crippen molar-refractivity contribution in [3.05, 3.63) is 60.6 Å². The van der Waals surface area contributed by atoms with Crippen molar-refractivity contribution in [1.29, 1.82) is 0 Å². The van der Waals surface area contributed by atoms with E-state index in [9.17, 15) is 9.18 Å². The second kappa shape index (κ2) is 8.67. The third kappa shape index (κ3) is 5.08. The van der Waals surface area contributed by atoms with Crippen molar-refractivity contribution >= 4 is 35.8 Å². The van der Waals surface area contributed by atoms with Gasteiger partial charge >= 0.3 is 6.09 Å². The van der Waals surface area contributed by atoms with Crippen LogP contribution in [-0.2, 0) is 0 Å². The van der Waals surface area contributed by atoms with Gasteiger partial charge in [0.05, 0.1) is 30.0 Å². The number of pyridine rings is 2. The summed E-state index contributed by atoms with van der Waals surface area (Å²) in [7, 11) is 0. The number of anilines is 3. The highest BCUT2D eigenvalue weighted by Crippen LogP contribution is 2.23. The predicted molar refractivity (Wildman–Crippen MR) is 95.4 cm³/mol. The molecule has 3 heterocycles. The van der Waals surface area contributed by atoms with Gasteiger partial charge in [-0.1, -0.05) is 0 Å². The van der Waals surface area contributed by atoms with Gasteiger partial charge in [0.1, 0.15) is 11.6 Å². The quantitative estimate of drug-likeness (QED) is 0.718. The molecule has 1 amide bonds. The summed E-state index contributed by atoms with van der Waals surface area (Å²) >= 11 is 0. The average Bonchev–Trinajstić information content (AvgIpc) is 2.60. The monoisotopic (exact) mass is 376 g/mol. The molecule has 3 aromatic rings. The lowest BCUT2D eigenvalue weighted by Crippen LogP contribution is -2.19. The van der Waals surface area contributed by atoms with Crippen LogP contribution in [-0.4, -0.2) is 26.0 Å². The zero-order valence-corrected chi connectivity index (χ0v) is 14.3. The van der Waals surface area contributed by atoms with Crippen LogP contribution in [0.3, 0.4) is 0 Å². The molecule has 0 aliphatic carbocycles. The Hall–Kier alpha value is -3.33. The number of carbonyl (C=O) groups excluding carboxylic acids is 1.